The van der Waals surface area contributed by atoms with E-state index in [0.717, 1.165) is 13.0 Å². The van der Waals surface area contributed by atoms with Gasteiger partial charge in [-0.05, 0) is 37.3 Å². The smallest absolute Gasteiger partial charge is 0.387 e. The highest BCUT2D eigenvalue weighted by molar-refractivity contribution is 6.23. The first-order valence-electron chi connectivity index (χ1n) is 10.3. The minimum atomic E-state index is -3.08. The lowest BCUT2D eigenvalue weighted by atomic mass is 10.1. The second-order valence-corrected chi connectivity index (χ2v) is 7.59. The lowest BCUT2D eigenvalue weighted by Crippen LogP contribution is -2.20. The standard InChI is InChI=1S/C24H22F4N4O3/c1-13(29)19(22(33)32-17-6-4-5-15(9-17)24(3,27)28)11-30-16-7-8-21(35-23(25)26)18(10-16)20-12-34-14(2)31-20/h4-12,23,29-30H,1-3H3,(H,32,33)/b19-11+,29-13?. The molecule has 1 amide bonds. The molecule has 1 heterocycles. The van der Waals surface area contributed by atoms with Crippen molar-refractivity contribution < 1.29 is 31.5 Å². The minimum Gasteiger partial charge on any atom is -0.449 e. The van der Waals surface area contributed by atoms with E-state index >= 15 is 0 Å². The number of ether oxygens (including phenoxy) is 1. The molecule has 0 unspecified atom stereocenters. The molecule has 184 valence electrons. The predicted octanol–water partition coefficient (Wildman–Crippen LogP) is 6.34. The number of carbonyl (C=O) groups is 1. The van der Waals surface area contributed by atoms with E-state index in [1.165, 1.54) is 55.8 Å². The molecule has 0 saturated carbocycles. The Morgan fingerprint density at radius 2 is 1.94 bits per heavy atom. The fourth-order valence-electron chi connectivity index (χ4n) is 3.07. The average Bonchev–Trinajstić information content (AvgIpc) is 3.20. The Balaban J connectivity index is 1.85. The normalized spacial score (nSPS) is 11.9. The molecule has 0 aliphatic carbocycles. The Kier molecular flexibility index (Phi) is 7.58. The van der Waals surface area contributed by atoms with Gasteiger partial charge in [-0.2, -0.15) is 8.78 Å². The Morgan fingerprint density at radius 1 is 1.20 bits per heavy atom. The largest absolute Gasteiger partial charge is 0.449 e. The molecule has 0 aliphatic heterocycles. The van der Waals surface area contributed by atoms with Crippen LogP contribution in [0, 0.1) is 12.3 Å². The number of hydrogen-bond donors (Lipinski definition) is 3. The van der Waals surface area contributed by atoms with E-state index in [0.29, 0.717) is 11.6 Å². The van der Waals surface area contributed by atoms with E-state index in [9.17, 15) is 22.4 Å². The van der Waals surface area contributed by atoms with E-state index in [1.54, 1.807) is 6.92 Å². The van der Waals surface area contributed by atoms with Crippen molar-refractivity contribution in [3.8, 4) is 17.0 Å². The molecule has 2 aromatic carbocycles. The maximum Gasteiger partial charge on any atom is 0.387 e. The van der Waals surface area contributed by atoms with E-state index < -0.39 is 18.4 Å². The molecule has 0 bridgehead atoms. The number of halogens is 4. The molecule has 0 spiro atoms. The summed E-state index contributed by atoms with van der Waals surface area (Å²) in [5.41, 5.74) is 0.546. The van der Waals surface area contributed by atoms with Crippen molar-refractivity contribution in [2.24, 2.45) is 0 Å². The summed E-state index contributed by atoms with van der Waals surface area (Å²) in [6.07, 6.45) is 2.54. The molecule has 0 atom stereocenters. The first-order valence-corrected chi connectivity index (χ1v) is 10.3. The maximum absolute atomic E-state index is 13.6. The number of anilines is 2. The number of aryl methyl sites for hydroxylation is 1. The first kappa shape index (κ1) is 25.5. The lowest BCUT2D eigenvalue weighted by Gasteiger charge is -2.14. The zero-order valence-corrected chi connectivity index (χ0v) is 19.0. The quantitative estimate of drug-likeness (QED) is 0.185. The van der Waals surface area contributed by atoms with Crippen molar-refractivity contribution in [3.05, 3.63) is 72.0 Å². The fraction of sp³-hybridized carbons (Fsp3) is 0.208. The van der Waals surface area contributed by atoms with Gasteiger partial charge in [0.1, 0.15) is 17.7 Å². The average molecular weight is 490 g/mol. The van der Waals surface area contributed by atoms with Crippen LogP contribution in [0.5, 0.6) is 5.75 Å². The van der Waals surface area contributed by atoms with Gasteiger partial charge in [0, 0.05) is 48.3 Å². The molecule has 0 fully saturated rings. The van der Waals surface area contributed by atoms with Crippen LogP contribution in [0.3, 0.4) is 0 Å². The number of benzene rings is 2. The third-order valence-electron chi connectivity index (χ3n) is 4.75. The molecule has 1 aromatic heterocycles. The van der Waals surface area contributed by atoms with Crippen LogP contribution in [0.25, 0.3) is 11.3 Å². The van der Waals surface area contributed by atoms with Gasteiger partial charge in [0.2, 0.25) is 0 Å². The molecule has 0 saturated heterocycles. The van der Waals surface area contributed by atoms with Crippen LogP contribution < -0.4 is 15.4 Å². The summed E-state index contributed by atoms with van der Waals surface area (Å²) in [6, 6.07) is 9.43. The maximum atomic E-state index is 13.6. The monoisotopic (exact) mass is 490 g/mol. The fourth-order valence-corrected chi connectivity index (χ4v) is 3.07. The summed E-state index contributed by atoms with van der Waals surface area (Å²) in [6.45, 7) is 0.670. The molecule has 3 N–H and O–H groups in total. The van der Waals surface area contributed by atoms with E-state index in [2.05, 4.69) is 20.4 Å². The van der Waals surface area contributed by atoms with Crippen molar-refractivity contribution in [2.75, 3.05) is 10.6 Å². The highest BCUT2D eigenvalue weighted by Gasteiger charge is 2.24. The second kappa shape index (κ2) is 10.4. The van der Waals surface area contributed by atoms with E-state index in [-0.39, 0.29) is 39.5 Å². The minimum absolute atomic E-state index is 0.0783. The number of nitrogens with zero attached hydrogens (tertiary/aromatic N) is 1. The summed E-state index contributed by atoms with van der Waals surface area (Å²) in [5, 5.41) is 13.3. The number of oxazole rings is 1. The number of amides is 1. The van der Waals surface area contributed by atoms with Crippen LogP contribution in [-0.4, -0.2) is 23.2 Å². The van der Waals surface area contributed by atoms with Crippen molar-refractivity contribution in [1.82, 2.24) is 4.98 Å². The van der Waals surface area contributed by atoms with Gasteiger partial charge in [-0.25, -0.2) is 13.8 Å². The lowest BCUT2D eigenvalue weighted by molar-refractivity contribution is -0.112. The van der Waals surface area contributed by atoms with Gasteiger partial charge >= 0.3 is 6.61 Å². The SMILES string of the molecule is CC(=N)/C(=C\Nc1ccc(OC(F)F)c(-c2coc(C)n2)c1)C(=O)Nc1cccc(C(C)(F)F)c1. The van der Waals surface area contributed by atoms with Crippen molar-refractivity contribution in [2.45, 2.75) is 33.3 Å². The van der Waals surface area contributed by atoms with Crippen LogP contribution >= 0.6 is 0 Å². The van der Waals surface area contributed by atoms with Crippen molar-refractivity contribution in [1.29, 1.82) is 5.41 Å². The van der Waals surface area contributed by atoms with Crippen LogP contribution in [0.2, 0.25) is 0 Å². The molecule has 35 heavy (non-hydrogen) atoms. The van der Waals surface area contributed by atoms with E-state index in [1.807, 2.05) is 0 Å². The molecule has 0 radical (unpaired) electrons. The van der Waals surface area contributed by atoms with Crippen molar-refractivity contribution in [3.63, 3.8) is 0 Å². The van der Waals surface area contributed by atoms with Gasteiger partial charge < -0.3 is 25.2 Å². The van der Waals surface area contributed by atoms with Crippen LogP contribution in [0.4, 0.5) is 28.9 Å². The third-order valence-corrected chi connectivity index (χ3v) is 4.75. The molecule has 11 heteroatoms. The zero-order valence-electron chi connectivity index (χ0n) is 19.0. The Bertz CT molecular complexity index is 1270. The number of carbonyl (C=O) groups excluding carboxylic acids is 1. The molecular weight excluding hydrogens is 468 g/mol. The summed E-state index contributed by atoms with van der Waals surface area (Å²) in [5.74, 6) is -3.59. The van der Waals surface area contributed by atoms with Gasteiger partial charge in [0.25, 0.3) is 11.8 Å². The van der Waals surface area contributed by atoms with Gasteiger partial charge in [-0.15, -0.1) is 0 Å². The number of rotatable bonds is 9. The second-order valence-electron chi connectivity index (χ2n) is 7.59. The van der Waals surface area contributed by atoms with Gasteiger partial charge in [0.15, 0.2) is 5.89 Å². The number of aromatic nitrogens is 1. The summed E-state index contributed by atoms with van der Waals surface area (Å²) < 4.78 is 62.5. The Morgan fingerprint density at radius 3 is 2.54 bits per heavy atom. The summed E-state index contributed by atoms with van der Waals surface area (Å²) in [4.78, 5) is 16.9. The third kappa shape index (κ3) is 6.69. The van der Waals surface area contributed by atoms with Gasteiger partial charge in [-0.1, -0.05) is 12.1 Å². The highest BCUT2D eigenvalue weighted by Crippen LogP contribution is 2.33. The first-order chi connectivity index (χ1) is 16.4. The molecular formula is C24H22F4N4O3. The number of alkyl halides is 4. The zero-order chi connectivity index (χ0) is 25.8. The van der Waals surface area contributed by atoms with Gasteiger partial charge in [-0.3, -0.25) is 4.79 Å². The summed E-state index contributed by atoms with van der Waals surface area (Å²) in [7, 11) is 0. The predicted molar refractivity (Wildman–Crippen MR) is 123 cm³/mol. The van der Waals surface area contributed by atoms with Gasteiger partial charge in [0.05, 0.1) is 5.57 Å². The van der Waals surface area contributed by atoms with Crippen LogP contribution in [0.1, 0.15) is 25.3 Å². The molecule has 3 aromatic rings. The topological polar surface area (TPSA) is 100 Å². The van der Waals surface area contributed by atoms with Crippen molar-refractivity contribution >= 4 is 23.0 Å². The number of nitrogens with one attached hydrogen (secondary N) is 3. The highest BCUT2D eigenvalue weighted by atomic mass is 19.3. The van der Waals surface area contributed by atoms with Crippen LogP contribution in [-0.2, 0) is 10.7 Å². The Labute approximate surface area is 198 Å². The molecule has 7 nitrogen and oxygen atoms in total. The summed E-state index contributed by atoms with van der Waals surface area (Å²) >= 11 is 0. The number of hydrogen-bond acceptors (Lipinski definition) is 6. The van der Waals surface area contributed by atoms with E-state index in [4.69, 9.17) is 9.83 Å². The van der Waals surface area contributed by atoms with Crippen LogP contribution in [0.15, 0.2) is 64.9 Å². The molecule has 3 rings (SSSR count). The Hall–Kier alpha value is -4.15. The molecule has 0 aliphatic rings.